The molecular formula is C16H21NO. The lowest BCUT2D eigenvalue weighted by molar-refractivity contribution is 0.442. The summed E-state index contributed by atoms with van der Waals surface area (Å²) in [6.07, 6.45) is 2.66. The summed E-state index contributed by atoms with van der Waals surface area (Å²) >= 11 is 0. The van der Waals surface area contributed by atoms with Gasteiger partial charge in [0.15, 0.2) is 5.89 Å². The number of aromatic nitrogens is 1. The van der Waals surface area contributed by atoms with Gasteiger partial charge in [-0.15, -0.1) is 0 Å². The third-order valence-electron chi connectivity index (χ3n) is 3.06. The first-order chi connectivity index (χ1) is 8.56. The van der Waals surface area contributed by atoms with Crippen molar-refractivity contribution >= 4 is 0 Å². The molecule has 2 heteroatoms. The first kappa shape index (κ1) is 12.9. The number of rotatable bonds is 4. The van der Waals surface area contributed by atoms with Crippen molar-refractivity contribution in [2.24, 2.45) is 0 Å². The van der Waals surface area contributed by atoms with Crippen LogP contribution in [0, 0.1) is 0 Å². The molecule has 0 aliphatic carbocycles. The van der Waals surface area contributed by atoms with E-state index in [2.05, 4.69) is 56.9 Å². The molecule has 0 saturated heterocycles. The van der Waals surface area contributed by atoms with Gasteiger partial charge in [-0.3, -0.25) is 0 Å². The van der Waals surface area contributed by atoms with E-state index in [9.17, 15) is 0 Å². The van der Waals surface area contributed by atoms with E-state index in [0.717, 1.165) is 18.1 Å². The fourth-order valence-corrected chi connectivity index (χ4v) is 1.93. The molecule has 0 aliphatic rings. The predicted molar refractivity (Wildman–Crippen MR) is 73.9 cm³/mol. The Morgan fingerprint density at radius 1 is 1.11 bits per heavy atom. The van der Waals surface area contributed by atoms with Crippen LogP contribution >= 0.6 is 0 Å². The molecule has 0 bridgehead atoms. The second kappa shape index (κ2) is 5.38. The van der Waals surface area contributed by atoms with E-state index in [4.69, 9.17) is 4.42 Å². The van der Waals surface area contributed by atoms with E-state index < -0.39 is 0 Å². The minimum atomic E-state index is 0.348. The second-order valence-corrected chi connectivity index (χ2v) is 5.40. The van der Waals surface area contributed by atoms with Gasteiger partial charge in [-0.2, -0.15) is 0 Å². The van der Waals surface area contributed by atoms with Crippen molar-refractivity contribution in [2.75, 3.05) is 0 Å². The first-order valence-electron chi connectivity index (χ1n) is 6.59. The monoisotopic (exact) mass is 243 g/mol. The van der Waals surface area contributed by atoms with Gasteiger partial charge in [0.2, 0.25) is 0 Å². The molecule has 2 aromatic rings. The van der Waals surface area contributed by atoms with Crippen LogP contribution in [0.25, 0.3) is 0 Å². The third kappa shape index (κ3) is 3.00. The molecule has 1 heterocycles. The van der Waals surface area contributed by atoms with Gasteiger partial charge < -0.3 is 4.42 Å². The second-order valence-electron chi connectivity index (χ2n) is 5.40. The summed E-state index contributed by atoms with van der Waals surface area (Å²) in [5, 5.41) is 0. The van der Waals surface area contributed by atoms with E-state index >= 15 is 0 Å². The summed E-state index contributed by atoms with van der Waals surface area (Å²) in [6, 6.07) is 8.68. The zero-order chi connectivity index (χ0) is 13.1. The molecule has 18 heavy (non-hydrogen) atoms. The van der Waals surface area contributed by atoms with Crippen molar-refractivity contribution in [3.8, 4) is 0 Å². The van der Waals surface area contributed by atoms with Gasteiger partial charge in [-0.1, -0.05) is 52.0 Å². The van der Waals surface area contributed by atoms with Gasteiger partial charge in [0, 0.05) is 12.3 Å². The Balaban J connectivity index is 2.15. The Morgan fingerprint density at radius 3 is 2.50 bits per heavy atom. The van der Waals surface area contributed by atoms with E-state index in [1.54, 1.807) is 0 Å². The van der Waals surface area contributed by atoms with Crippen molar-refractivity contribution in [1.82, 2.24) is 4.98 Å². The SMILES string of the molecule is CC(C)c1cccc(Cc2cnc(C(C)C)o2)c1. The number of hydrogen-bond acceptors (Lipinski definition) is 2. The Kier molecular flexibility index (Phi) is 3.85. The molecule has 0 radical (unpaired) electrons. The van der Waals surface area contributed by atoms with Crippen molar-refractivity contribution in [1.29, 1.82) is 0 Å². The number of benzene rings is 1. The van der Waals surface area contributed by atoms with Crippen molar-refractivity contribution in [3.05, 3.63) is 53.2 Å². The largest absolute Gasteiger partial charge is 0.445 e. The van der Waals surface area contributed by atoms with E-state index in [-0.39, 0.29) is 0 Å². The maximum atomic E-state index is 5.74. The van der Waals surface area contributed by atoms with Gasteiger partial charge in [0.1, 0.15) is 5.76 Å². The molecule has 96 valence electrons. The molecule has 1 aromatic carbocycles. The average Bonchev–Trinajstić information content (AvgIpc) is 2.78. The molecule has 2 rings (SSSR count). The minimum absolute atomic E-state index is 0.348. The van der Waals surface area contributed by atoms with Crippen molar-refractivity contribution < 1.29 is 4.42 Å². The van der Waals surface area contributed by atoms with Gasteiger partial charge in [0.25, 0.3) is 0 Å². The quantitative estimate of drug-likeness (QED) is 0.789. The van der Waals surface area contributed by atoms with Crippen molar-refractivity contribution in [2.45, 2.75) is 46.0 Å². The smallest absolute Gasteiger partial charge is 0.196 e. The molecular weight excluding hydrogens is 222 g/mol. The molecule has 0 saturated carbocycles. The van der Waals surface area contributed by atoms with Crippen LogP contribution in [0.5, 0.6) is 0 Å². The first-order valence-corrected chi connectivity index (χ1v) is 6.59. The normalized spacial score (nSPS) is 11.4. The van der Waals surface area contributed by atoms with Crippen LogP contribution < -0.4 is 0 Å². The summed E-state index contributed by atoms with van der Waals surface area (Å²) < 4.78 is 5.74. The summed E-state index contributed by atoms with van der Waals surface area (Å²) in [5.74, 6) is 2.68. The van der Waals surface area contributed by atoms with Crippen molar-refractivity contribution in [3.63, 3.8) is 0 Å². The summed E-state index contributed by atoms with van der Waals surface area (Å²) in [6.45, 7) is 8.61. The molecule has 0 fully saturated rings. The Morgan fingerprint density at radius 2 is 1.89 bits per heavy atom. The van der Waals surface area contributed by atoms with Crippen LogP contribution in [0.1, 0.15) is 62.3 Å². The Hall–Kier alpha value is -1.57. The Bertz CT molecular complexity index is 511. The zero-order valence-corrected chi connectivity index (χ0v) is 11.6. The molecule has 0 unspecified atom stereocenters. The van der Waals surface area contributed by atoms with E-state index in [1.165, 1.54) is 11.1 Å². The maximum absolute atomic E-state index is 5.74. The zero-order valence-electron chi connectivity index (χ0n) is 11.6. The third-order valence-corrected chi connectivity index (χ3v) is 3.06. The van der Waals surface area contributed by atoms with Crippen LogP contribution in [0.15, 0.2) is 34.9 Å². The Labute approximate surface area is 109 Å². The van der Waals surface area contributed by atoms with Gasteiger partial charge in [-0.05, 0) is 17.0 Å². The topological polar surface area (TPSA) is 26.0 Å². The van der Waals surface area contributed by atoms with Crippen LogP contribution in [0.4, 0.5) is 0 Å². The molecule has 0 spiro atoms. The highest BCUT2D eigenvalue weighted by Crippen LogP contribution is 2.20. The van der Waals surface area contributed by atoms with Gasteiger partial charge >= 0.3 is 0 Å². The lowest BCUT2D eigenvalue weighted by Crippen LogP contribution is -1.91. The van der Waals surface area contributed by atoms with Crippen LogP contribution in [0.3, 0.4) is 0 Å². The number of hydrogen-bond donors (Lipinski definition) is 0. The lowest BCUT2D eigenvalue weighted by Gasteiger charge is -2.07. The number of nitrogens with zero attached hydrogens (tertiary/aromatic N) is 1. The van der Waals surface area contributed by atoms with Gasteiger partial charge in [-0.25, -0.2) is 4.98 Å². The summed E-state index contributed by atoms with van der Waals surface area (Å²) in [4.78, 5) is 4.30. The standard InChI is InChI=1S/C16H21NO/c1-11(2)14-7-5-6-13(8-14)9-15-10-17-16(18-15)12(3)4/h5-8,10-12H,9H2,1-4H3. The highest BCUT2D eigenvalue weighted by molar-refractivity contribution is 5.28. The van der Waals surface area contributed by atoms with Crippen LogP contribution in [0.2, 0.25) is 0 Å². The van der Waals surface area contributed by atoms with Gasteiger partial charge in [0.05, 0.1) is 6.20 Å². The lowest BCUT2D eigenvalue weighted by atomic mass is 9.99. The molecule has 0 atom stereocenters. The van der Waals surface area contributed by atoms with E-state index in [0.29, 0.717) is 11.8 Å². The predicted octanol–water partition coefficient (Wildman–Crippen LogP) is 4.51. The molecule has 1 aromatic heterocycles. The highest BCUT2D eigenvalue weighted by Gasteiger charge is 2.08. The fourth-order valence-electron chi connectivity index (χ4n) is 1.93. The van der Waals surface area contributed by atoms with Crippen LogP contribution in [-0.2, 0) is 6.42 Å². The molecule has 0 N–H and O–H groups in total. The molecule has 0 aliphatic heterocycles. The average molecular weight is 243 g/mol. The number of oxazole rings is 1. The summed E-state index contributed by atoms with van der Waals surface area (Å²) in [7, 11) is 0. The maximum Gasteiger partial charge on any atom is 0.196 e. The fraction of sp³-hybridized carbons (Fsp3) is 0.438. The van der Waals surface area contributed by atoms with Crippen LogP contribution in [-0.4, -0.2) is 4.98 Å². The molecule has 0 amide bonds. The molecule has 2 nitrogen and oxygen atoms in total. The summed E-state index contributed by atoms with van der Waals surface area (Å²) in [5.41, 5.74) is 2.66. The minimum Gasteiger partial charge on any atom is -0.445 e. The van der Waals surface area contributed by atoms with E-state index in [1.807, 2.05) is 6.20 Å². The highest BCUT2D eigenvalue weighted by atomic mass is 16.4.